The van der Waals surface area contributed by atoms with Crippen LogP contribution in [0.2, 0.25) is 0 Å². The van der Waals surface area contributed by atoms with Crippen LogP contribution in [0, 0.1) is 17.5 Å². The van der Waals surface area contributed by atoms with Gasteiger partial charge >= 0.3 is 5.97 Å². The van der Waals surface area contributed by atoms with Crippen LogP contribution in [-0.4, -0.2) is 23.0 Å². The molecule has 1 atom stereocenters. The smallest absolute Gasteiger partial charge is 0.326 e. The standard InChI is InChI=1S/C16H11BrF3NO3/c17-10-4-2-1-3-8(10)5-13(16(23)24)21-15(22)14-11(19)6-9(18)7-12(14)20/h1-4,6-7,13H,5H2,(H,21,22)(H,23,24)/t13-/m1/s1. The van der Waals surface area contributed by atoms with Crippen LogP contribution in [0.4, 0.5) is 13.2 Å². The second-order valence-electron chi connectivity index (χ2n) is 4.90. The van der Waals surface area contributed by atoms with Crippen molar-refractivity contribution in [2.45, 2.75) is 12.5 Å². The van der Waals surface area contributed by atoms with Gasteiger partial charge in [-0.2, -0.15) is 0 Å². The summed E-state index contributed by atoms with van der Waals surface area (Å²) in [4.78, 5) is 23.3. The Balaban J connectivity index is 2.24. The number of amides is 1. The Hall–Kier alpha value is -2.35. The highest BCUT2D eigenvalue weighted by atomic mass is 79.9. The van der Waals surface area contributed by atoms with Gasteiger partial charge in [0.05, 0.1) is 0 Å². The Morgan fingerprint density at radius 3 is 2.25 bits per heavy atom. The number of nitrogens with one attached hydrogen (secondary N) is 1. The second-order valence-corrected chi connectivity index (χ2v) is 5.76. The molecule has 0 aliphatic rings. The van der Waals surface area contributed by atoms with Crippen molar-refractivity contribution in [2.75, 3.05) is 0 Å². The lowest BCUT2D eigenvalue weighted by atomic mass is 10.1. The molecule has 0 aromatic heterocycles. The minimum Gasteiger partial charge on any atom is -0.480 e. The monoisotopic (exact) mass is 401 g/mol. The molecule has 0 aliphatic carbocycles. The molecule has 126 valence electrons. The van der Waals surface area contributed by atoms with Crippen molar-refractivity contribution in [1.29, 1.82) is 0 Å². The van der Waals surface area contributed by atoms with Crippen LogP contribution < -0.4 is 5.32 Å². The van der Waals surface area contributed by atoms with Crippen LogP contribution in [0.5, 0.6) is 0 Å². The summed E-state index contributed by atoms with van der Waals surface area (Å²) in [5.41, 5.74) is -0.444. The molecule has 0 saturated heterocycles. The van der Waals surface area contributed by atoms with Crippen molar-refractivity contribution in [3.05, 3.63) is 69.4 Å². The van der Waals surface area contributed by atoms with Gasteiger partial charge in [0.25, 0.3) is 5.91 Å². The van der Waals surface area contributed by atoms with E-state index in [1.165, 1.54) is 0 Å². The summed E-state index contributed by atoms with van der Waals surface area (Å²) < 4.78 is 40.7. The average Bonchev–Trinajstić information content (AvgIpc) is 2.47. The Bertz CT molecular complexity index is 775. The van der Waals surface area contributed by atoms with E-state index in [4.69, 9.17) is 0 Å². The first-order valence-electron chi connectivity index (χ1n) is 6.71. The lowest BCUT2D eigenvalue weighted by Gasteiger charge is -2.16. The van der Waals surface area contributed by atoms with Crippen LogP contribution in [0.3, 0.4) is 0 Å². The summed E-state index contributed by atoms with van der Waals surface area (Å²) in [5.74, 6) is -6.64. The van der Waals surface area contributed by atoms with Gasteiger partial charge in [-0.15, -0.1) is 0 Å². The first-order valence-corrected chi connectivity index (χ1v) is 7.50. The number of carbonyl (C=O) groups excluding carboxylic acids is 1. The van der Waals surface area contributed by atoms with E-state index < -0.39 is 40.9 Å². The first-order chi connectivity index (χ1) is 11.3. The van der Waals surface area contributed by atoms with Crippen LogP contribution in [0.15, 0.2) is 40.9 Å². The summed E-state index contributed by atoms with van der Waals surface area (Å²) in [6, 6.07) is 6.02. The van der Waals surface area contributed by atoms with Gasteiger partial charge in [-0.3, -0.25) is 4.79 Å². The second kappa shape index (κ2) is 7.48. The van der Waals surface area contributed by atoms with Gasteiger partial charge in [0, 0.05) is 23.0 Å². The number of carboxylic acid groups (broad SMARTS) is 1. The third-order valence-corrected chi connectivity index (χ3v) is 3.99. The van der Waals surface area contributed by atoms with Gasteiger partial charge in [-0.1, -0.05) is 34.1 Å². The number of benzene rings is 2. The number of hydrogen-bond acceptors (Lipinski definition) is 2. The molecule has 0 fully saturated rings. The van der Waals surface area contributed by atoms with Crippen molar-refractivity contribution in [3.63, 3.8) is 0 Å². The Morgan fingerprint density at radius 2 is 1.71 bits per heavy atom. The molecule has 0 heterocycles. The Kier molecular flexibility index (Phi) is 5.61. The number of carbonyl (C=O) groups is 2. The summed E-state index contributed by atoms with van der Waals surface area (Å²) in [5, 5.41) is 11.3. The molecule has 0 spiro atoms. The maximum atomic E-state index is 13.6. The van der Waals surface area contributed by atoms with E-state index in [0.717, 1.165) is 0 Å². The molecule has 2 aromatic rings. The molecule has 1 amide bonds. The van der Waals surface area contributed by atoms with Crippen molar-refractivity contribution >= 4 is 27.8 Å². The minimum absolute atomic E-state index is 0.104. The summed E-state index contributed by atoms with van der Waals surface area (Å²) in [6.45, 7) is 0. The van der Waals surface area contributed by atoms with Crippen molar-refractivity contribution in [2.24, 2.45) is 0 Å². The highest BCUT2D eigenvalue weighted by Gasteiger charge is 2.26. The maximum absolute atomic E-state index is 13.6. The van der Waals surface area contributed by atoms with Crippen molar-refractivity contribution < 1.29 is 27.9 Å². The molecule has 0 saturated carbocycles. The predicted molar refractivity (Wildman–Crippen MR) is 83.1 cm³/mol. The summed E-state index contributed by atoms with van der Waals surface area (Å²) >= 11 is 3.25. The molecule has 8 heteroatoms. The number of carboxylic acids is 1. The van der Waals surface area contributed by atoms with E-state index >= 15 is 0 Å². The van der Waals surface area contributed by atoms with Crippen LogP contribution in [0.1, 0.15) is 15.9 Å². The number of halogens is 4. The van der Waals surface area contributed by atoms with Crippen LogP contribution in [-0.2, 0) is 11.2 Å². The van der Waals surface area contributed by atoms with E-state index in [1.54, 1.807) is 24.3 Å². The fraction of sp³-hybridized carbons (Fsp3) is 0.125. The Labute approximate surface area is 143 Å². The van der Waals surface area contributed by atoms with Crippen molar-refractivity contribution in [3.8, 4) is 0 Å². The van der Waals surface area contributed by atoms with Gasteiger partial charge in [-0.05, 0) is 11.6 Å². The first kappa shape index (κ1) is 18.0. The van der Waals surface area contributed by atoms with E-state index in [1.807, 2.05) is 5.32 Å². The topological polar surface area (TPSA) is 66.4 Å². The zero-order valence-corrected chi connectivity index (χ0v) is 13.6. The largest absolute Gasteiger partial charge is 0.480 e. The van der Waals surface area contributed by atoms with Gasteiger partial charge in [0.2, 0.25) is 0 Å². The number of hydrogen-bond donors (Lipinski definition) is 2. The molecule has 0 aliphatic heterocycles. The molecule has 2 aromatic carbocycles. The van der Waals surface area contributed by atoms with Gasteiger partial charge < -0.3 is 10.4 Å². The van der Waals surface area contributed by atoms with E-state index in [0.29, 0.717) is 22.2 Å². The molecular weight excluding hydrogens is 391 g/mol. The molecule has 0 unspecified atom stereocenters. The van der Waals surface area contributed by atoms with E-state index in [9.17, 15) is 27.9 Å². The van der Waals surface area contributed by atoms with E-state index in [-0.39, 0.29) is 6.42 Å². The third kappa shape index (κ3) is 4.14. The number of rotatable bonds is 5. The zero-order valence-electron chi connectivity index (χ0n) is 12.0. The predicted octanol–water partition coefficient (Wildman–Crippen LogP) is 3.29. The van der Waals surface area contributed by atoms with Gasteiger partial charge in [0.1, 0.15) is 29.1 Å². The molecule has 0 radical (unpaired) electrons. The van der Waals surface area contributed by atoms with Crippen molar-refractivity contribution in [1.82, 2.24) is 5.32 Å². The van der Waals surface area contributed by atoms with Gasteiger partial charge in [0.15, 0.2) is 0 Å². The SMILES string of the molecule is O=C(N[C@H](Cc1ccccc1Br)C(=O)O)c1c(F)cc(F)cc1F. The summed E-state index contributed by atoms with van der Waals surface area (Å²) in [6.07, 6.45) is -0.104. The maximum Gasteiger partial charge on any atom is 0.326 e. The fourth-order valence-electron chi connectivity index (χ4n) is 2.07. The third-order valence-electron chi connectivity index (χ3n) is 3.22. The minimum atomic E-state index is -1.42. The molecular formula is C16H11BrF3NO3. The fourth-order valence-corrected chi connectivity index (χ4v) is 2.52. The zero-order chi connectivity index (χ0) is 17.9. The summed E-state index contributed by atoms with van der Waals surface area (Å²) in [7, 11) is 0. The molecule has 0 bridgehead atoms. The van der Waals surface area contributed by atoms with Crippen LogP contribution >= 0.6 is 15.9 Å². The van der Waals surface area contributed by atoms with E-state index in [2.05, 4.69) is 15.9 Å². The van der Waals surface area contributed by atoms with Gasteiger partial charge in [-0.25, -0.2) is 18.0 Å². The molecule has 24 heavy (non-hydrogen) atoms. The highest BCUT2D eigenvalue weighted by molar-refractivity contribution is 9.10. The average molecular weight is 402 g/mol. The normalized spacial score (nSPS) is 11.8. The quantitative estimate of drug-likeness (QED) is 0.807. The highest BCUT2D eigenvalue weighted by Crippen LogP contribution is 2.19. The molecule has 2 rings (SSSR count). The lowest BCUT2D eigenvalue weighted by molar-refractivity contribution is -0.139. The van der Waals surface area contributed by atoms with Crippen LogP contribution in [0.25, 0.3) is 0 Å². The molecule has 2 N–H and O–H groups in total. The Morgan fingerprint density at radius 1 is 1.12 bits per heavy atom. The lowest BCUT2D eigenvalue weighted by Crippen LogP contribution is -2.43. The number of aliphatic carboxylic acids is 1. The molecule has 4 nitrogen and oxygen atoms in total.